The highest BCUT2D eigenvalue weighted by Gasteiger charge is 2.22. The number of nitro benzene ring substituents is 1. The van der Waals surface area contributed by atoms with Crippen LogP contribution in [0.3, 0.4) is 0 Å². The Balaban J connectivity index is 2.30. The zero-order valence-electron chi connectivity index (χ0n) is 10.7. The van der Waals surface area contributed by atoms with Crippen molar-refractivity contribution in [2.75, 3.05) is 18.0 Å². The van der Waals surface area contributed by atoms with Crippen LogP contribution < -0.4 is 4.90 Å². The van der Waals surface area contributed by atoms with E-state index in [2.05, 4.69) is 0 Å². The molecule has 1 aliphatic heterocycles. The third-order valence-electron chi connectivity index (χ3n) is 3.39. The minimum Gasteiger partial charge on any atom is -0.393 e. The van der Waals surface area contributed by atoms with Crippen LogP contribution in [0.5, 0.6) is 0 Å². The number of rotatable bonds is 3. The third kappa shape index (κ3) is 2.90. The van der Waals surface area contributed by atoms with Crippen molar-refractivity contribution in [3.63, 3.8) is 0 Å². The summed E-state index contributed by atoms with van der Waals surface area (Å²) in [4.78, 5) is 23.8. The number of Topliss-reactive ketones (excluding diaryl/α,β-unsaturated/α-hetero) is 1. The van der Waals surface area contributed by atoms with Gasteiger partial charge < -0.3 is 10.0 Å². The molecule has 1 aromatic carbocycles. The number of ketones is 1. The lowest BCUT2D eigenvalue weighted by atomic mass is 10.0. The summed E-state index contributed by atoms with van der Waals surface area (Å²) in [6.45, 7) is 2.71. The topological polar surface area (TPSA) is 83.7 Å². The first-order valence-corrected chi connectivity index (χ1v) is 6.21. The van der Waals surface area contributed by atoms with E-state index in [1.165, 1.54) is 13.0 Å². The number of hydrogen-bond donors (Lipinski definition) is 1. The van der Waals surface area contributed by atoms with E-state index < -0.39 is 4.92 Å². The maximum atomic E-state index is 11.5. The Hall–Kier alpha value is -1.95. The van der Waals surface area contributed by atoms with Crippen LogP contribution in [-0.2, 0) is 0 Å². The molecule has 19 heavy (non-hydrogen) atoms. The lowest BCUT2D eigenvalue weighted by Crippen LogP contribution is -2.35. The lowest BCUT2D eigenvalue weighted by molar-refractivity contribution is -0.385. The molecule has 0 aromatic heterocycles. The zero-order chi connectivity index (χ0) is 14.0. The Bertz CT molecular complexity index is 507. The van der Waals surface area contributed by atoms with Crippen LogP contribution >= 0.6 is 0 Å². The normalized spacial score (nSPS) is 16.4. The predicted octanol–water partition coefficient (Wildman–Crippen LogP) is 1.76. The first kappa shape index (κ1) is 13.5. The lowest BCUT2D eigenvalue weighted by Gasteiger charge is -2.31. The maximum Gasteiger partial charge on any atom is 0.280 e. The van der Waals surface area contributed by atoms with Gasteiger partial charge in [-0.1, -0.05) is 0 Å². The Morgan fingerprint density at radius 1 is 1.42 bits per heavy atom. The first-order valence-electron chi connectivity index (χ1n) is 6.21. The van der Waals surface area contributed by atoms with Crippen LogP contribution in [0.25, 0.3) is 0 Å². The molecule has 1 saturated heterocycles. The minimum atomic E-state index is -0.541. The summed E-state index contributed by atoms with van der Waals surface area (Å²) in [5.41, 5.74) is 0.768. The van der Waals surface area contributed by atoms with Crippen LogP contribution in [0, 0.1) is 10.1 Å². The van der Waals surface area contributed by atoms with Crippen molar-refractivity contribution in [3.8, 4) is 0 Å². The summed E-state index contributed by atoms with van der Waals surface area (Å²) in [6.07, 6.45) is 1.07. The standard InChI is InChI=1S/C13H16N2O4/c1-9(16)12-8-10(2-3-13(12)15(18)19)14-6-4-11(17)5-7-14/h2-3,8,11,17H,4-7H2,1H3. The van der Waals surface area contributed by atoms with Gasteiger partial charge in [0.1, 0.15) is 0 Å². The Morgan fingerprint density at radius 2 is 2.05 bits per heavy atom. The molecule has 0 saturated carbocycles. The molecule has 1 heterocycles. The van der Waals surface area contributed by atoms with Gasteiger partial charge in [-0.2, -0.15) is 0 Å². The molecular formula is C13H16N2O4. The molecule has 1 N–H and O–H groups in total. The van der Waals surface area contributed by atoms with Crippen LogP contribution in [0.15, 0.2) is 18.2 Å². The number of nitro groups is 1. The maximum absolute atomic E-state index is 11.5. The van der Waals surface area contributed by atoms with Gasteiger partial charge in [0.2, 0.25) is 0 Å². The Labute approximate surface area is 110 Å². The highest BCUT2D eigenvalue weighted by Crippen LogP contribution is 2.27. The number of hydrogen-bond acceptors (Lipinski definition) is 5. The monoisotopic (exact) mass is 264 g/mol. The summed E-state index contributed by atoms with van der Waals surface area (Å²) in [5, 5.41) is 20.3. The van der Waals surface area contributed by atoms with Crippen LogP contribution in [0.4, 0.5) is 11.4 Å². The number of aliphatic hydroxyl groups excluding tert-OH is 1. The predicted molar refractivity (Wildman–Crippen MR) is 70.6 cm³/mol. The van der Waals surface area contributed by atoms with Crippen molar-refractivity contribution in [2.45, 2.75) is 25.9 Å². The zero-order valence-corrected chi connectivity index (χ0v) is 10.7. The Morgan fingerprint density at radius 3 is 2.58 bits per heavy atom. The van der Waals surface area contributed by atoms with Gasteiger partial charge in [-0.05, 0) is 31.9 Å². The fourth-order valence-electron chi connectivity index (χ4n) is 2.29. The van der Waals surface area contributed by atoms with Crippen molar-refractivity contribution in [1.82, 2.24) is 0 Å². The van der Waals surface area contributed by atoms with Gasteiger partial charge in [0, 0.05) is 24.8 Å². The summed E-state index contributed by atoms with van der Waals surface area (Å²) in [6, 6.07) is 4.59. The summed E-state index contributed by atoms with van der Waals surface area (Å²) in [7, 11) is 0. The molecule has 0 spiro atoms. The number of nitrogens with zero attached hydrogens (tertiary/aromatic N) is 2. The molecule has 0 radical (unpaired) electrons. The van der Waals surface area contributed by atoms with Gasteiger partial charge >= 0.3 is 0 Å². The van der Waals surface area contributed by atoms with Crippen molar-refractivity contribution >= 4 is 17.2 Å². The second kappa shape index (κ2) is 5.36. The van der Waals surface area contributed by atoms with E-state index in [1.807, 2.05) is 4.90 Å². The molecular weight excluding hydrogens is 248 g/mol. The molecule has 6 heteroatoms. The quantitative estimate of drug-likeness (QED) is 0.511. The van der Waals surface area contributed by atoms with Crippen LogP contribution in [0.2, 0.25) is 0 Å². The molecule has 6 nitrogen and oxygen atoms in total. The van der Waals surface area contributed by atoms with Crippen LogP contribution in [-0.4, -0.2) is 35.0 Å². The van der Waals surface area contributed by atoms with Gasteiger partial charge in [0.15, 0.2) is 5.78 Å². The summed E-state index contributed by atoms with van der Waals surface area (Å²) in [5.74, 6) is -0.314. The molecule has 0 atom stereocenters. The first-order chi connectivity index (χ1) is 8.99. The fraction of sp³-hybridized carbons (Fsp3) is 0.462. The average Bonchev–Trinajstić information content (AvgIpc) is 2.38. The van der Waals surface area contributed by atoms with Crippen molar-refractivity contribution in [1.29, 1.82) is 0 Å². The van der Waals surface area contributed by atoms with E-state index in [1.54, 1.807) is 12.1 Å². The molecule has 1 aliphatic rings. The molecule has 2 rings (SSSR count). The van der Waals surface area contributed by atoms with Crippen molar-refractivity contribution in [3.05, 3.63) is 33.9 Å². The van der Waals surface area contributed by atoms with E-state index in [-0.39, 0.29) is 23.1 Å². The molecule has 102 valence electrons. The molecule has 0 unspecified atom stereocenters. The molecule has 1 aromatic rings. The number of piperidine rings is 1. The summed E-state index contributed by atoms with van der Waals surface area (Å²) < 4.78 is 0. The van der Waals surface area contributed by atoms with E-state index in [0.29, 0.717) is 25.9 Å². The fourth-order valence-corrected chi connectivity index (χ4v) is 2.29. The number of aliphatic hydroxyl groups is 1. The molecule has 0 aliphatic carbocycles. The third-order valence-corrected chi connectivity index (χ3v) is 3.39. The minimum absolute atomic E-state index is 0.133. The highest BCUT2D eigenvalue weighted by molar-refractivity contribution is 5.99. The van der Waals surface area contributed by atoms with Crippen LogP contribution in [0.1, 0.15) is 30.1 Å². The SMILES string of the molecule is CC(=O)c1cc(N2CCC(O)CC2)ccc1[N+](=O)[O-]. The number of carbonyl (C=O) groups excluding carboxylic acids is 1. The van der Waals surface area contributed by atoms with E-state index in [0.717, 1.165) is 5.69 Å². The van der Waals surface area contributed by atoms with Gasteiger partial charge in [-0.25, -0.2) is 0 Å². The van der Waals surface area contributed by atoms with Gasteiger partial charge in [0.25, 0.3) is 5.69 Å². The number of carbonyl (C=O) groups is 1. The van der Waals surface area contributed by atoms with Gasteiger partial charge in [0.05, 0.1) is 16.6 Å². The molecule has 0 amide bonds. The number of benzene rings is 1. The Kier molecular flexibility index (Phi) is 3.80. The number of anilines is 1. The van der Waals surface area contributed by atoms with E-state index >= 15 is 0 Å². The largest absolute Gasteiger partial charge is 0.393 e. The van der Waals surface area contributed by atoms with E-state index in [4.69, 9.17) is 0 Å². The molecule has 0 bridgehead atoms. The smallest absolute Gasteiger partial charge is 0.280 e. The molecule has 1 fully saturated rings. The highest BCUT2D eigenvalue weighted by atomic mass is 16.6. The van der Waals surface area contributed by atoms with Gasteiger partial charge in [-0.15, -0.1) is 0 Å². The van der Waals surface area contributed by atoms with E-state index in [9.17, 15) is 20.0 Å². The summed E-state index contributed by atoms with van der Waals surface area (Å²) >= 11 is 0. The average molecular weight is 264 g/mol. The van der Waals surface area contributed by atoms with Gasteiger partial charge in [-0.3, -0.25) is 14.9 Å². The van der Waals surface area contributed by atoms with Crippen molar-refractivity contribution in [2.24, 2.45) is 0 Å². The second-order valence-electron chi connectivity index (χ2n) is 4.73. The second-order valence-corrected chi connectivity index (χ2v) is 4.73. The van der Waals surface area contributed by atoms with Crippen molar-refractivity contribution < 1.29 is 14.8 Å².